The van der Waals surface area contributed by atoms with E-state index in [1.54, 1.807) is 13.8 Å². The van der Waals surface area contributed by atoms with E-state index in [9.17, 15) is 12.8 Å². The Bertz CT molecular complexity index is 208. The largest absolute Gasteiger partial charge is 0.236 e. The second-order valence-electron chi connectivity index (χ2n) is 2.08. The molecule has 0 radical (unpaired) electrons. The van der Waals surface area contributed by atoms with Crippen molar-refractivity contribution in [2.75, 3.05) is 0 Å². The summed E-state index contributed by atoms with van der Waals surface area (Å²) in [6, 6.07) is -0.207. The zero-order valence-corrected chi connectivity index (χ0v) is 6.65. The van der Waals surface area contributed by atoms with Gasteiger partial charge in [-0.3, -0.25) is 0 Å². The lowest BCUT2D eigenvalue weighted by Crippen LogP contribution is -2.28. The van der Waals surface area contributed by atoms with Gasteiger partial charge >= 0.3 is 0 Å². The van der Waals surface area contributed by atoms with Crippen LogP contribution in [0.5, 0.6) is 0 Å². The molecule has 0 aromatic heterocycles. The van der Waals surface area contributed by atoms with Gasteiger partial charge < -0.3 is 0 Å². The van der Waals surface area contributed by atoms with E-state index >= 15 is 0 Å². The standard InChI is InChI=1S/C5H10FNO2S/c1-5(2)7-10(8,9)4-3-6/h3-5,7H,1-2H3/b4-3+. The van der Waals surface area contributed by atoms with Gasteiger partial charge in [-0.2, -0.15) is 0 Å². The number of hydrogen-bond acceptors (Lipinski definition) is 2. The van der Waals surface area contributed by atoms with E-state index in [2.05, 4.69) is 4.72 Å². The fraction of sp³-hybridized carbons (Fsp3) is 0.600. The molecule has 0 bridgehead atoms. The van der Waals surface area contributed by atoms with E-state index < -0.39 is 10.0 Å². The molecule has 0 unspecified atom stereocenters. The molecule has 0 aliphatic carbocycles. The monoisotopic (exact) mass is 167 g/mol. The zero-order chi connectivity index (χ0) is 8.20. The van der Waals surface area contributed by atoms with E-state index in [0.29, 0.717) is 5.41 Å². The number of halogens is 1. The minimum atomic E-state index is -3.54. The van der Waals surface area contributed by atoms with Crippen molar-refractivity contribution in [1.82, 2.24) is 4.72 Å². The molecule has 10 heavy (non-hydrogen) atoms. The summed E-state index contributed by atoms with van der Waals surface area (Å²) < 4.78 is 34.7. The van der Waals surface area contributed by atoms with E-state index in [1.807, 2.05) is 0 Å². The number of sulfonamides is 1. The third-order valence-electron chi connectivity index (χ3n) is 0.631. The van der Waals surface area contributed by atoms with Crippen molar-refractivity contribution in [2.45, 2.75) is 19.9 Å². The molecule has 0 heterocycles. The number of nitrogens with one attached hydrogen (secondary N) is 1. The van der Waals surface area contributed by atoms with Crippen LogP contribution in [0.1, 0.15) is 13.8 Å². The summed E-state index contributed by atoms with van der Waals surface area (Å²) in [5, 5.41) is 0.479. The second kappa shape index (κ2) is 3.68. The predicted molar refractivity (Wildman–Crippen MR) is 37.4 cm³/mol. The minimum absolute atomic E-state index is 0.00921. The maximum absolute atomic E-state index is 11.3. The van der Waals surface area contributed by atoms with Crippen LogP contribution in [0, 0.1) is 0 Å². The van der Waals surface area contributed by atoms with Crippen molar-refractivity contribution in [3.63, 3.8) is 0 Å². The van der Waals surface area contributed by atoms with E-state index in [4.69, 9.17) is 0 Å². The summed E-state index contributed by atoms with van der Waals surface area (Å²) >= 11 is 0. The van der Waals surface area contributed by atoms with Gasteiger partial charge in [-0.15, -0.1) is 0 Å². The molecule has 0 atom stereocenters. The first-order valence-corrected chi connectivity index (χ1v) is 4.31. The minimum Gasteiger partial charge on any atom is -0.215 e. The van der Waals surface area contributed by atoms with Gasteiger partial charge in [0.15, 0.2) is 0 Å². The molecule has 1 N–H and O–H groups in total. The SMILES string of the molecule is CC(C)NS(=O)(=O)/C=C/F. The van der Waals surface area contributed by atoms with E-state index in [-0.39, 0.29) is 12.4 Å². The predicted octanol–water partition coefficient (Wildman–Crippen LogP) is 0.755. The van der Waals surface area contributed by atoms with Crippen LogP contribution in [0.2, 0.25) is 0 Å². The molecule has 5 heteroatoms. The zero-order valence-electron chi connectivity index (χ0n) is 5.83. The van der Waals surface area contributed by atoms with E-state index in [0.717, 1.165) is 0 Å². The lowest BCUT2D eigenvalue weighted by atomic mass is 10.4. The molecule has 0 saturated carbocycles. The Balaban J connectivity index is 4.16. The van der Waals surface area contributed by atoms with Crippen LogP contribution in [-0.4, -0.2) is 14.5 Å². The molecular formula is C5H10FNO2S. The molecule has 0 saturated heterocycles. The molecule has 3 nitrogen and oxygen atoms in total. The summed E-state index contributed by atoms with van der Waals surface area (Å²) in [4.78, 5) is 0. The van der Waals surface area contributed by atoms with Crippen LogP contribution < -0.4 is 4.72 Å². The van der Waals surface area contributed by atoms with Gasteiger partial charge in [-0.25, -0.2) is 17.5 Å². The highest BCUT2D eigenvalue weighted by molar-refractivity contribution is 7.92. The summed E-state index contributed by atoms with van der Waals surface area (Å²) in [5.41, 5.74) is 0. The van der Waals surface area contributed by atoms with E-state index in [1.165, 1.54) is 0 Å². The topological polar surface area (TPSA) is 46.2 Å². The molecule has 0 aromatic rings. The molecular weight excluding hydrogens is 157 g/mol. The fourth-order valence-corrected chi connectivity index (χ4v) is 1.31. The lowest BCUT2D eigenvalue weighted by molar-refractivity contribution is 0.578. The Hall–Kier alpha value is -0.420. The van der Waals surface area contributed by atoms with Crippen molar-refractivity contribution in [1.29, 1.82) is 0 Å². The first-order chi connectivity index (χ1) is 4.48. The van der Waals surface area contributed by atoms with Gasteiger partial charge in [0.05, 0.1) is 11.7 Å². The average Bonchev–Trinajstić information content (AvgIpc) is 1.59. The third-order valence-corrected chi connectivity index (χ3v) is 1.89. The Labute approximate surface area is 60.0 Å². The van der Waals surface area contributed by atoms with Gasteiger partial charge in [-0.1, -0.05) is 0 Å². The second-order valence-corrected chi connectivity index (χ2v) is 3.68. The highest BCUT2D eigenvalue weighted by Gasteiger charge is 2.05. The third kappa shape index (κ3) is 4.46. The Kier molecular flexibility index (Phi) is 3.52. The van der Waals surface area contributed by atoms with Crippen molar-refractivity contribution in [3.8, 4) is 0 Å². The van der Waals surface area contributed by atoms with Crippen molar-refractivity contribution in [2.24, 2.45) is 0 Å². The lowest BCUT2D eigenvalue weighted by Gasteiger charge is -2.03. The highest BCUT2D eigenvalue weighted by Crippen LogP contribution is 1.89. The average molecular weight is 167 g/mol. The molecule has 0 aromatic carbocycles. The highest BCUT2D eigenvalue weighted by atomic mass is 32.2. The number of hydrogen-bond donors (Lipinski definition) is 1. The van der Waals surface area contributed by atoms with Crippen LogP contribution in [0.15, 0.2) is 11.7 Å². The molecule has 0 amide bonds. The summed E-state index contributed by atoms with van der Waals surface area (Å²) in [5.74, 6) is 0. The van der Waals surface area contributed by atoms with Gasteiger partial charge in [0.25, 0.3) is 0 Å². The Morgan fingerprint density at radius 3 is 2.30 bits per heavy atom. The van der Waals surface area contributed by atoms with Crippen LogP contribution in [0.4, 0.5) is 4.39 Å². The number of rotatable bonds is 3. The smallest absolute Gasteiger partial charge is 0.215 e. The summed E-state index contributed by atoms with van der Waals surface area (Å²) in [7, 11) is -3.54. The molecule has 0 aliphatic rings. The van der Waals surface area contributed by atoms with Crippen LogP contribution in [0.25, 0.3) is 0 Å². The molecule has 0 fully saturated rings. The first kappa shape index (κ1) is 9.58. The maximum atomic E-state index is 11.3. The Morgan fingerprint density at radius 2 is 2.00 bits per heavy atom. The quantitative estimate of drug-likeness (QED) is 0.674. The van der Waals surface area contributed by atoms with Gasteiger partial charge in [0.1, 0.15) is 0 Å². The van der Waals surface area contributed by atoms with Gasteiger partial charge in [0, 0.05) is 6.04 Å². The van der Waals surface area contributed by atoms with Gasteiger partial charge in [0.2, 0.25) is 10.0 Å². The first-order valence-electron chi connectivity index (χ1n) is 2.77. The fourth-order valence-electron chi connectivity index (χ4n) is 0.436. The van der Waals surface area contributed by atoms with Crippen molar-refractivity contribution >= 4 is 10.0 Å². The van der Waals surface area contributed by atoms with Crippen LogP contribution >= 0.6 is 0 Å². The van der Waals surface area contributed by atoms with Crippen molar-refractivity contribution in [3.05, 3.63) is 11.7 Å². The van der Waals surface area contributed by atoms with Crippen LogP contribution in [0.3, 0.4) is 0 Å². The van der Waals surface area contributed by atoms with Crippen molar-refractivity contribution < 1.29 is 12.8 Å². The Morgan fingerprint density at radius 1 is 1.50 bits per heavy atom. The summed E-state index contributed by atoms with van der Waals surface area (Å²) in [6.07, 6.45) is -0.00921. The maximum Gasteiger partial charge on any atom is 0.236 e. The molecule has 0 aliphatic heterocycles. The molecule has 0 spiro atoms. The summed E-state index contributed by atoms with van der Waals surface area (Å²) in [6.45, 7) is 3.31. The molecule has 0 rings (SSSR count). The molecule has 60 valence electrons. The normalized spacial score (nSPS) is 13.2. The van der Waals surface area contributed by atoms with Gasteiger partial charge in [-0.05, 0) is 13.8 Å². The van der Waals surface area contributed by atoms with Crippen LogP contribution in [-0.2, 0) is 10.0 Å².